The number of rotatable bonds is 2. The first-order valence-corrected chi connectivity index (χ1v) is 6.51. The van der Waals surface area contributed by atoms with Crippen molar-refractivity contribution in [3.05, 3.63) is 0 Å². The van der Waals surface area contributed by atoms with Gasteiger partial charge in [-0.1, -0.05) is 0 Å². The fraction of sp³-hybridized carbons (Fsp3) is 0.846. The molecule has 2 fully saturated rings. The number of fused-ring (bicyclic) bond motifs is 1. The van der Waals surface area contributed by atoms with Gasteiger partial charge in [-0.15, -0.1) is 0 Å². The minimum atomic E-state index is -0.497. The molecule has 0 aromatic carbocycles. The van der Waals surface area contributed by atoms with Gasteiger partial charge in [0, 0.05) is 6.54 Å². The van der Waals surface area contributed by atoms with E-state index in [9.17, 15) is 9.59 Å². The van der Waals surface area contributed by atoms with Crippen LogP contribution in [0.2, 0.25) is 0 Å². The van der Waals surface area contributed by atoms with Crippen molar-refractivity contribution in [2.24, 2.45) is 11.8 Å². The summed E-state index contributed by atoms with van der Waals surface area (Å²) in [6.45, 7) is 8.39. The zero-order valence-corrected chi connectivity index (χ0v) is 11.4. The number of carbonyl (C=O) groups excluding carboxylic acids is 2. The number of nitrogens with zero attached hydrogens (tertiary/aromatic N) is 1. The number of carbonyl (C=O) groups is 2. The topological polar surface area (TPSA) is 55.8 Å². The standard InChI is InChI=1S/C13H21NO4/c1-5-17-11(15)9-8-6-7-14(10(8)9)12(16)18-13(2,3)4/h8-10H,5-7H2,1-4H3. The van der Waals surface area contributed by atoms with Crippen LogP contribution < -0.4 is 0 Å². The molecule has 0 spiro atoms. The number of amides is 1. The van der Waals surface area contributed by atoms with Crippen LogP contribution in [0.5, 0.6) is 0 Å². The molecule has 1 heterocycles. The van der Waals surface area contributed by atoms with Crippen LogP contribution in [0.3, 0.4) is 0 Å². The minimum absolute atomic E-state index is 0.00102. The minimum Gasteiger partial charge on any atom is -0.466 e. The third kappa shape index (κ3) is 2.44. The Hall–Kier alpha value is -1.26. The summed E-state index contributed by atoms with van der Waals surface area (Å²) in [5.41, 5.74) is -0.497. The van der Waals surface area contributed by atoms with Crippen LogP contribution in [0.4, 0.5) is 4.79 Å². The van der Waals surface area contributed by atoms with Crippen LogP contribution in [0, 0.1) is 11.8 Å². The van der Waals surface area contributed by atoms with E-state index in [2.05, 4.69) is 0 Å². The zero-order chi connectivity index (χ0) is 13.5. The van der Waals surface area contributed by atoms with Crippen LogP contribution in [-0.4, -0.2) is 41.8 Å². The number of piperidine rings is 1. The molecule has 18 heavy (non-hydrogen) atoms. The summed E-state index contributed by atoms with van der Waals surface area (Å²) < 4.78 is 10.4. The molecule has 3 unspecified atom stereocenters. The largest absolute Gasteiger partial charge is 0.466 e. The van der Waals surface area contributed by atoms with Gasteiger partial charge in [0.25, 0.3) is 0 Å². The maximum absolute atomic E-state index is 12.0. The van der Waals surface area contributed by atoms with Crippen molar-refractivity contribution in [3.8, 4) is 0 Å². The van der Waals surface area contributed by atoms with E-state index >= 15 is 0 Å². The van der Waals surface area contributed by atoms with E-state index in [4.69, 9.17) is 9.47 Å². The molecule has 2 aliphatic rings. The highest BCUT2D eigenvalue weighted by Gasteiger charge is 2.63. The summed E-state index contributed by atoms with van der Waals surface area (Å²) in [6, 6.07) is -0.00102. The third-order valence-electron chi connectivity index (χ3n) is 3.38. The molecule has 2 rings (SSSR count). The Labute approximate surface area is 107 Å². The zero-order valence-electron chi connectivity index (χ0n) is 11.4. The van der Waals surface area contributed by atoms with E-state index in [1.807, 2.05) is 20.8 Å². The van der Waals surface area contributed by atoms with E-state index in [0.29, 0.717) is 13.2 Å². The SMILES string of the molecule is CCOC(=O)C1C2CCN(C(=O)OC(C)(C)C)C21. The molecule has 102 valence electrons. The number of esters is 1. The van der Waals surface area contributed by atoms with Gasteiger partial charge >= 0.3 is 12.1 Å². The number of likely N-dealkylation sites (tertiary alicyclic amines) is 1. The monoisotopic (exact) mass is 255 g/mol. The normalized spacial score (nSPS) is 29.8. The van der Waals surface area contributed by atoms with Crippen LogP contribution in [0.25, 0.3) is 0 Å². The van der Waals surface area contributed by atoms with Crippen LogP contribution in [0.15, 0.2) is 0 Å². The molecular weight excluding hydrogens is 234 g/mol. The highest BCUT2D eigenvalue weighted by atomic mass is 16.6. The Morgan fingerprint density at radius 3 is 2.56 bits per heavy atom. The highest BCUT2D eigenvalue weighted by Crippen LogP contribution is 2.51. The van der Waals surface area contributed by atoms with Gasteiger partial charge in [0.2, 0.25) is 0 Å². The summed E-state index contributed by atoms with van der Waals surface area (Å²) in [4.78, 5) is 25.3. The molecule has 1 aliphatic carbocycles. The smallest absolute Gasteiger partial charge is 0.410 e. The second-order valence-corrected chi connectivity index (χ2v) is 5.89. The Balaban J connectivity index is 1.93. The van der Waals surface area contributed by atoms with Crippen molar-refractivity contribution in [1.29, 1.82) is 0 Å². The van der Waals surface area contributed by atoms with Gasteiger partial charge < -0.3 is 14.4 Å². The van der Waals surface area contributed by atoms with Crippen molar-refractivity contribution < 1.29 is 19.1 Å². The van der Waals surface area contributed by atoms with Crippen molar-refractivity contribution in [1.82, 2.24) is 4.90 Å². The second-order valence-electron chi connectivity index (χ2n) is 5.89. The van der Waals surface area contributed by atoms with Crippen LogP contribution in [-0.2, 0) is 14.3 Å². The van der Waals surface area contributed by atoms with E-state index in [1.165, 1.54) is 0 Å². The maximum Gasteiger partial charge on any atom is 0.410 e. The molecule has 1 amide bonds. The lowest BCUT2D eigenvalue weighted by atomic mass is 10.2. The predicted molar refractivity (Wildman–Crippen MR) is 65.0 cm³/mol. The highest BCUT2D eigenvalue weighted by molar-refractivity contribution is 5.80. The van der Waals surface area contributed by atoms with Crippen LogP contribution in [0.1, 0.15) is 34.1 Å². The maximum atomic E-state index is 12.0. The quantitative estimate of drug-likeness (QED) is 0.706. The van der Waals surface area contributed by atoms with E-state index in [1.54, 1.807) is 11.8 Å². The summed E-state index contributed by atoms with van der Waals surface area (Å²) >= 11 is 0. The Kier molecular flexibility index (Phi) is 3.25. The van der Waals surface area contributed by atoms with Crippen LogP contribution >= 0.6 is 0 Å². The van der Waals surface area contributed by atoms with Gasteiger partial charge in [-0.05, 0) is 40.0 Å². The first-order chi connectivity index (χ1) is 8.35. The van der Waals surface area contributed by atoms with Crippen molar-refractivity contribution >= 4 is 12.1 Å². The number of ether oxygens (including phenoxy) is 2. The van der Waals surface area contributed by atoms with Crippen molar-refractivity contribution in [3.63, 3.8) is 0 Å². The molecule has 0 radical (unpaired) electrons. The van der Waals surface area contributed by atoms with Gasteiger partial charge in [0.05, 0.1) is 18.6 Å². The lowest BCUT2D eigenvalue weighted by Crippen LogP contribution is -2.38. The first kappa shape index (κ1) is 13.2. The molecule has 1 aliphatic heterocycles. The molecule has 0 N–H and O–H groups in total. The van der Waals surface area contributed by atoms with E-state index in [0.717, 1.165) is 6.42 Å². The molecule has 5 nitrogen and oxygen atoms in total. The molecule has 0 bridgehead atoms. The third-order valence-corrected chi connectivity index (χ3v) is 3.38. The van der Waals surface area contributed by atoms with Gasteiger partial charge in [0.1, 0.15) is 5.60 Å². The van der Waals surface area contributed by atoms with Gasteiger partial charge in [-0.25, -0.2) is 4.79 Å². The fourth-order valence-corrected chi connectivity index (χ4v) is 2.65. The first-order valence-electron chi connectivity index (χ1n) is 6.51. The average molecular weight is 255 g/mol. The van der Waals surface area contributed by atoms with E-state index < -0.39 is 5.60 Å². The van der Waals surface area contributed by atoms with Gasteiger partial charge in [-0.3, -0.25) is 4.79 Å². The van der Waals surface area contributed by atoms with Gasteiger partial charge in [-0.2, -0.15) is 0 Å². The summed E-state index contributed by atoms with van der Waals surface area (Å²) in [7, 11) is 0. The van der Waals surface area contributed by atoms with Gasteiger partial charge in [0.15, 0.2) is 0 Å². The molecule has 1 saturated carbocycles. The van der Waals surface area contributed by atoms with Crippen molar-refractivity contribution in [2.75, 3.05) is 13.2 Å². The average Bonchev–Trinajstić information content (AvgIpc) is 2.77. The molecule has 0 aromatic heterocycles. The molecule has 5 heteroatoms. The fourth-order valence-electron chi connectivity index (χ4n) is 2.65. The molecule has 1 saturated heterocycles. The lowest BCUT2D eigenvalue weighted by molar-refractivity contribution is -0.145. The summed E-state index contributed by atoms with van der Waals surface area (Å²) in [6.07, 6.45) is 0.551. The predicted octanol–water partition coefficient (Wildman–Crippen LogP) is 1.80. The Morgan fingerprint density at radius 1 is 1.33 bits per heavy atom. The lowest BCUT2D eigenvalue weighted by Gasteiger charge is -2.25. The summed E-state index contributed by atoms with van der Waals surface area (Å²) in [5, 5.41) is 0. The number of hydrogen-bond acceptors (Lipinski definition) is 4. The second kappa shape index (κ2) is 4.44. The molecular formula is C13H21NO4. The van der Waals surface area contributed by atoms with Crippen molar-refractivity contribution in [2.45, 2.75) is 45.8 Å². The molecule has 0 aromatic rings. The number of hydrogen-bond donors (Lipinski definition) is 0. The van der Waals surface area contributed by atoms with E-state index in [-0.39, 0.29) is 29.9 Å². The Morgan fingerprint density at radius 2 is 2.00 bits per heavy atom. The summed E-state index contributed by atoms with van der Waals surface area (Å²) in [5.74, 6) is -0.0384. The molecule has 3 atom stereocenters. The Bertz CT molecular complexity index is 360.